The molecule has 0 radical (unpaired) electrons. The van der Waals surface area contributed by atoms with Crippen molar-refractivity contribution in [2.45, 2.75) is 65.3 Å². The summed E-state index contributed by atoms with van der Waals surface area (Å²) in [4.78, 5) is 25.4. The van der Waals surface area contributed by atoms with Crippen molar-refractivity contribution < 1.29 is 9.90 Å². The van der Waals surface area contributed by atoms with Crippen LogP contribution in [0.2, 0.25) is 0 Å². The highest BCUT2D eigenvalue weighted by Crippen LogP contribution is 2.35. The van der Waals surface area contributed by atoms with Crippen LogP contribution in [0.15, 0.2) is 17.4 Å². The average Bonchev–Trinajstić information content (AvgIpc) is 2.64. The van der Waals surface area contributed by atoms with Crippen LogP contribution in [0, 0.1) is 30.1 Å². The van der Waals surface area contributed by atoms with Gasteiger partial charge in [-0.15, -0.1) is 6.58 Å². The molecule has 1 aromatic heterocycles. The van der Waals surface area contributed by atoms with Crippen molar-refractivity contribution in [3.8, 4) is 11.9 Å². The van der Waals surface area contributed by atoms with Crippen molar-refractivity contribution >= 4 is 5.78 Å². The minimum absolute atomic E-state index is 0.0592. The minimum Gasteiger partial charge on any atom is -0.494 e. The zero-order valence-corrected chi connectivity index (χ0v) is 15.8. The van der Waals surface area contributed by atoms with E-state index in [9.17, 15) is 20.0 Å². The second-order valence-corrected chi connectivity index (χ2v) is 7.24. The molecule has 0 aliphatic heterocycles. The van der Waals surface area contributed by atoms with Gasteiger partial charge in [-0.1, -0.05) is 32.3 Å². The van der Waals surface area contributed by atoms with Gasteiger partial charge in [-0.25, -0.2) is 0 Å². The maximum Gasteiger partial charge on any atom is 0.271 e. The van der Waals surface area contributed by atoms with Crippen LogP contribution in [0.4, 0.5) is 0 Å². The molecule has 140 valence electrons. The summed E-state index contributed by atoms with van der Waals surface area (Å²) in [5, 5.41) is 19.9. The van der Waals surface area contributed by atoms with E-state index in [1.807, 2.05) is 6.07 Å². The van der Waals surface area contributed by atoms with Crippen molar-refractivity contribution in [3.05, 3.63) is 39.7 Å². The van der Waals surface area contributed by atoms with Gasteiger partial charge in [-0.3, -0.25) is 14.2 Å². The third-order valence-corrected chi connectivity index (χ3v) is 5.54. The number of ketones is 1. The number of rotatable bonds is 7. The molecule has 1 saturated carbocycles. The summed E-state index contributed by atoms with van der Waals surface area (Å²) < 4.78 is 1.05. The Kier molecular flexibility index (Phi) is 6.79. The van der Waals surface area contributed by atoms with Gasteiger partial charge < -0.3 is 5.11 Å². The minimum atomic E-state index is -0.581. The zero-order chi connectivity index (χ0) is 19.3. The molecule has 0 aromatic carbocycles. The van der Waals surface area contributed by atoms with E-state index < -0.39 is 5.56 Å². The molecule has 1 aromatic rings. The van der Waals surface area contributed by atoms with Gasteiger partial charge in [0.25, 0.3) is 5.56 Å². The summed E-state index contributed by atoms with van der Waals surface area (Å²) in [5.41, 5.74) is -0.250. The van der Waals surface area contributed by atoms with E-state index in [4.69, 9.17) is 0 Å². The van der Waals surface area contributed by atoms with E-state index >= 15 is 0 Å². The average molecular weight is 356 g/mol. The fraction of sp³-hybridized carbons (Fsp3) is 0.571. The molecule has 5 nitrogen and oxygen atoms in total. The van der Waals surface area contributed by atoms with Crippen molar-refractivity contribution in [2.75, 3.05) is 0 Å². The number of nitrogens with zero attached hydrogens (tertiary/aromatic N) is 2. The topological polar surface area (TPSA) is 83.1 Å². The number of carbonyl (C=O) groups is 1. The van der Waals surface area contributed by atoms with Crippen LogP contribution in [-0.2, 0) is 6.54 Å². The molecule has 0 atom stereocenters. The van der Waals surface area contributed by atoms with Crippen molar-refractivity contribution in [1.82, 2.24) is 4.57 Å². The predicted octanol–water partition coefficient (Wildman–Crippen LogP) is 4.10. The van der Waals surface area contributed by atoms with Gasteiger partial charge in [-0.2, -0.15) is 5.26 Å². The summed E-state index contributed by atoms with van der Waals surface area (Å²) in [5.74, 6) is 0.0320. The van der Waals surface area contributed by atoms with Crippen LogP contribution in [0.25, 0.3) is 0 Å². The van der Waals surface area contributed by atoms with Crippen LogP contribution < -0.4 is 5.56 Å². The molecule has 1 N–H and O–H groups in total. The Balaban J connectivity index is 2.32. The number of carbonyl (C=O) groups excluding carboxylic acids is 1. The van der Waals surface area contributed by atoms with E-state index in [1.165, 1.54) is 25.3 Å². The standard InChI is InChI=1S/C21H28N2O3/c1-4-6-7-15-8-10-16(11-9-15)19(24)18-14(3)17(13-22)20(25)23(12-5-2)21(18)26/h5,15-16,26H,2,4,6-12H2,1,3H3. The molecule has 1 aliphatic rings. The summed E-state index contributed by atoms with van der Waals surface area (Å²) in [6.07, 6.45) is 8.73. The van der Waals surface area contributed by atoms with E-state index in [-0.39, 0.29) is 40.8 Å². The third kappa shape index (κ3) is 3.90. The quantitative estimate of drug-likeness (QED) is 0.589. The molecule has 0 saturated heterocycles. The van der Waals surface area contributed by atoms with Crippen LogP contribution in [-0.4, -0.2) is 15.5 Å². The SMILES string of the molecule is C=CCn1c(O)c(C(=O)C2CCC(CCCC)CC2)c(C)c(C#N)c1=O. The van der Waals surface area contributed by atoms with Crippen LogP contribution in [0.5, 0.6) is 5.88 Å². The molecule has 1 fully saturated rings. The van der Waals surface area contributed by atoms with E-state index in [0.717, 1.165) is 30.3 Å². The molecule has 2 rings (SSSR count). The van der Waals surface area contributed by atoms with E-state index in [0.29, 0.717) is 5.92 Å². The Morgan fingerprint density at radius 3 is 2.58 bits per heavy atom. The largest absolute Gasteiger partial charge is 0.494 e. The number of Topliss-reactive ketones (excluding diaryl/α,β-unsaturated/α-hetero) is 1. The Hall–Kier alpha value is -2.35. The van der Waals surface area contributed by atoms with Crippen molar-refractivity contribution in [3.63, 3.8) is 0 Å². The number of allylic oxidation sites excluding steroid dienone is 1. The first-order valence-electron chi connectivity index (χ1n) is 9.47. The molecule has 0 unspecified atom stereocenters. The summed E-state index contributed by atoms with van der Waals surface area (Å²) in [6.45, 7) is 7.39. The number of aromatic nitrogens is 1. The number of pyridine rings is 1. The Labute approximate surface area is 155 Å². The van der Waals surface area contributed by atoms with Gasteiger partial charge in [0.2, 0.25) is 5.88 Å². The predicted molar refractivity (Wildman–Crippen MR) is 101 cm³/mol. The molecule has 0 amide bonds. The smallest absolute Gasteiger partial charge is 0.271 e. The van der Waals surface area contributed by atoms with Gasteiger partial charge in [0.05, 0.1) is 5.56 Å². The lowest BCUT2D eigenvalue weighted by Gasteiger charge is -2.28. The van der Waals surface area contributed by atoms with Crippen molar-refractivity contribution in [1.29, 1.82) is 5.26 Å². The van der Waals surface area contributed by atoms with E-state index in [1.54, 1.807) is 6.92 Å². The van der Waals surface area contributed by atoms with Gasteiger partial charge in [-0.05, 0) is 44.1 Å². The monoisotopic (exact) mass is 356 g/mol. The van der Waals surface area contributed by atoms with Crippen LogP contribution in [0.1, 0.15) is 73.4 Å². The molecule has 26 heavy (non-hydrogen) atoms. The fourth-order valence-corrected chi connectivity index (χ4v) is 3.95. The Morgan fingerprint density at radius 1 is 1.38 bits per heavy atom. The summed E-state index contributed by atoms with van der Waals surface area (Å²) >= 11 is 0. The number of aromatic hydroxyl groups is 1. The number of unbranched alkanes of at least 4 members (excludes halogenated alkanes) is 1. The van der Waals surface area contributed by atoms with Crippen molar-refractivity contribution in [2.24, 2.45) is 11.8 Å². The lowest BCUT2D eigenvalue weighted by Crippen LogP contribution is -2.29. The lowest BCUT2D eigenvalue weighted by molar-refractivity contribution is 0.0864. The molecular weight excluding hydrogens is 328 g/mol. The van der Waals surface area contributed by atoms with Gasteiger partial charge in [0.1, 0.15) is 11.6 Å². The second-order valence-electron chi connectivity index (χ2n) is 7.24. The number of nitriles is 1. The highest BCUT2D eigenvalue weighted by molar-refractivity contribution is 6.01. The maximum absolute atomic E-state index is 13.1. The molecule has 1 heterocycles. The first-order chi connectivity index (χ1) is 12.5. The second kappa shape index (κ2) is 8.84. The third-order valence-electron chi connectivity index (χ3n) is 5.54. The highest BCUT2D eigenvalue weighted by Gasteiger charge is 2.31. The number of hydrogen-bond acceptors (Lipinski definition) is 4. The molecular formula is C21H28N2O3. The zero-order valence-electron chi connectivity index (χ0n) is 15.8. The van der Waals surface area contributed by atoms with Crippen LogP contribution >= 0.6 is 0 Å². The number of hydrogen-bond donors (Lipinski definition) is 1. The first-order valence-corrected chi connectivity index (χ1v) is 9.47. The Bertz CT molecular complexity index is 778. The van der Waals surface area contributed by atoms with E-state index in [2.05, 4.69) is 13.5 Å². The Morgan fingerprint density at radius 2 is 2.04 bits per heavy atom. The highest BCUT2D eigenvalue weighted by atomic mass is 16.3. The van der Waals surface area contributed by atoms with Gasteiger partial charge in [0, 0.05) is 12.5 Å². The lowest BCUT2D eigenvalue weighted by atomic mass is 9.76. The summed E-state index contributed by atoms with van der Waals surface area (Å²) in [7, 11) is 0. The first kappa shape index (κ1) is 20.0. The molecule has 1 aliphatic carbocycles. The normalized spacial score (nSPS) is 19.7. The summed E-state index contributed by atoms with van der Waals surface area (Å²) in [6, 6.07) is 1.89. The maximum atomic E-state index is 13.1. The molecule has 0 spiro atoms. The van der Waals surface area contributed by atoms with Gasteiger partial charge >= 0.3 is 0 Å². The van der Waals surface area contributed by atoms with Crippen LogP contribution in [0.3, 0.4) is 0 Å². The fourth-order valence-electron chi connectivity index (χ4n) is 3.95. The molecule has 5 heteroatoms. The molecule has 0 bridgehead atoms. The van der Waals surface area contributed by atoms with Gasteiger partial charge in [0.15, 0.2) is 5.78 Å².